The number of esters is 1. The SMILES string of the molecule is COC(=O)C(C)NC(=O)NCC(O)C(=O)O. The molecule has 0 aliphatic carbocycles. The second-order valence-electron chi connectivity index (χ2n) is 2.95. The van der Waals surface area contributed by atoms with Crippen molar-refractivity contribution in [3.8, 4) is 0 Å². The fourth-order valence-corrected chi connectivity index (χ4v) is 0.760. The van der Waals surface area contributed by atoms with Crippen LogP contribution in [0.3, 0.4) is 0 Å². The summed E-state index contributed by atoms with van der Waals surface area (Å²) in [5.41, 5.74) is 0. The lowest BCUT2D eigenvalue weighted by atomic mass is 10.3. The van der Waals surface area contributed by atoms with Gasteiger partial charge in [0, 0.05) is 0 Å². The van der Waals surface area contributed by atoms with Crippen LogP contribution in [0.1, 0.15) is 6.92 Å². The summed E-state index contributed by atoms with van der Waals surface area (Å²) in [7, 11) is 1.17. The smallest absolute Gasteiger partial charge is 0.334 e. The zero-order valence-corrected chi connectivity index (χ0v) is 8.89. The Kier molecular flexibility index (Phi) is 5.86. The second-order valence-corrected chi connectivity index (χ2v) is 2.95. The van der Waals surface area contributed by atoms with E-state index in [1.807, 2.05) is 0 Å². The summed E-state index contributed by atoms with van der Waals surface area (Å²) in [6, 6.07) is -1.62. The molecule has 0 spiro atoms. The Labute approximate surface area is 91.6 Å². The molecule has 0 aromatic rings. The zero-order chi connectivity index (χ0) is 12.7. The molecular formula is C8H14N2O6. The highest BCUT2D eigenvalue weighted by atomic mass is 16.5. The van der Waals surface area contributed by atoms with E-state index in [1.165, 1.54) is 14.0 Å². The monoisotopic (exact) mass is 234 g/mol. The molecule has 2 atom stereocenters. The molecule has 4 N–H and O–H groups in total. The molecular weight excluding hydrogens is 220 g/mol. The second kappa shape index (κ2) is 6.62. The first-order chi connectivity index (χ1) is 7.38. The summed E-state index contributed by atoms with van der Waals surface area (Å²) < 4.78 is 4.35. The molecule has 2 amide bonds. The fraction of sp³-hybridized carbons (Fsp3) is 0.625. The number of methoxy groups -OCH3 is 1. The zero-order valence-electron chi connectivity index (χ0n) is 8.89. The normalized spacial score (nSPS) is 13.4. The van der Waals surface area contributed by atoms with E-state index in [0.29, 0.717) is 0 Å². The number of amides is 2. The Morgan fingerprint density at radius 1 is 1.38 bits per heavy atom. The van der Waals surface area contributed by atoms with Crippen LogP contribution in [0.25, 0.3) is 0 Å². The van der Waals surface area contributed by atoms with Crippen molar-refractivity contribution in [2.24, 2.45) is 0 Å². The molecule has 0 saturated heterocycles. The summed E-state index contributed by atoms with van der Waals surface area (Å²) in [6.45, 7) is 0.952. The van der Waals surface area contributed by atoms with Crippen molar-refractivity contribution in [3.63, 3.8) is 0 Å². The molecule has 0 saturated carbocycles. The van der Waals surface area contributed by atoms with Gasteiger partial charge in [-0.15, -0.1) is 0 Å². The van der Waals surface area contributed by atoms with Crippen LogP contribution in [-0.4, -0.2) is 54.0 Å². The van der Waals surface area contributed by atoms with Crippen LogP contribution in [0.2, 0.25) is 0 Å². The quantitative estimate of drug-likeness (QED) is 0.420. The number of ether oxygens (including phenoxy) is 1. The highest BCUT2D eigenvalue weighted by molar-refractivity contribution is 5.83. The van der Waals surface area contributed by atoms with E-state index < -0.39 is 36.7 Å². The summed E-state index contributed by atoms with van der Waals surface area (Å²) >= 11 is 0. The molecule has 0 aliphatic heterocycles. The van der Waals surface area contributed by atoms with Gasteiger partial charge in [-0.1, -0.05) is 0 Å². The van der Waals surface area contributed by atoms with Crippen molar-refractivity contribution in [2.45, 2.75) is 19.1 Å². The predicted octanol–water partition coefficient (Wildman–Crippen LogP) is -1.71. The van der Waals surface area contributed by atoms with Gasteiger partial charge in [0.15, 0.2) is 6.10 Å². The molecule has 0 aromatic carbocycles. The van der Waals surface area contributed by atoms with Crippen molar-refractivity contribution in [1.82, 2.24) is 10.6 Å². The van der Waals surface area contributed by atoms with E-state index in [0.717, 1.165) is 0 Å². The minimum Gasteiger partial charge on any atom is -0.479 e. The van der Waals surface area contributed by atoms with E-state index in [2.05, 4.69) is 15.4 Å². The van der Waals surface area contributed by atoms with Gasteiger partial charge < -0.3 is 25.6 Å². The van der Waals surface area contributed by atoms with Crippen LogP contribution in [0.5, 0.6) is 0 Å². The van der Waals surface area contributed by atoms with Gasteiger partial charge in [-0.05, 0) is 6.92 Å². The molecule has 0 heterocycles. The van der Waals surface area contributed by atoms with Crippen LogP contribution in [-0.2, 0) is 14.3 Å². The van der Waals surface area contributed by atoms with Gasteiger partial charge in [0.05, 0.1) is 13.7 Å². The van der Waals surface area contributed by atoms with Crippen molar-refractivity contribution in [1.29, 1.82) is 0 Å². The maximum Gasteiger partial charge on any atom is 0.334 e. The average molecular weight is 234 g/mol. The fourth-order valence-electron chi connectivity index (χ4n) is 0.760. The van der Waals surface area contributed by atoms with E-state index in [1.54, 1.807) is 0 Å². The predicted molar refractivity (Wildman–Crippen MR) is 51.7 cm³/mol. The van der Waals surface area contributed by atoms with Gasteiger partial charge in [-0.2, -0.15) is 0 Å². The number of aliphatic hydroxyl groups excluding tert-OH is 1. The van der Waals surface area contributed by atoms with Crippen LogP contribution in [0, 0.1) is 0 Å². The van der Waals surface area contributed by atoms with Gasteiger partial charge in [0.25, 0.3) is 0 Å². The summed E-state index contributed by atoms with van der Waals surface area (Å²) in [4.78, 5) is 32.1. The Bertz CT molecular complexity index is 280. The minimum absolute atomic E-state index is 0.449. The first-order valence-corrected chi connectivity index (χ1v) is 4.41. The Morgan fingerprint density at radius 3 is 2.38 bits per heavy atom. The summed E-state index contributed by atoms with van der Waals surface area (Å²) in [6.07, 6.45) is -1.68. The lowest BCUT2D eigenvalue weighted by Gasteiger charge is -2.13. The maximum atomic E-state index is 11.1. The van der Waals surface area contributed by atoms with Gasteiger partial charge in [-0.3, -0.25) is 0 Å². The molecule has 16 heavy (non-hydrogen) atoms. The highest BCUT2D eigenvalue weighted by Crippen LogP contribution is 1.86. The number of carboxylic acids is 1. The van der Waals surface area contributed by atoms with E-state index in [9.17, 15) is 14.4 Å². The Balaban J connectivity index is 3.91. The third kappa shape index (κ3) is 5.15. The third-order valence-electron chi connectivity index (χ3n) is 1.64. The van der Waals surface area contributed by atoms with E-state index in [-0.39, 0.29) is 0 Å². The van der Waals surface area contributed by atoms with Crippen LogP contribution in [0.4, 0.5) is 4.79 Å². The number of carbonyl (C=O) groups excluding carboxylic acids is 2. The van der Waals surface area contributed by atoms with Gasteiger partial charge >= 0.3 is 18.0 Å². The molecule has 0 radical (unpaired) electrons. The lowest BCUT2D eigenvalue weighted by Crippen LogP contribution is -2.47. The largest absolute Gasteiger partial charge is 0.479 e. The Hall–Kier alpha value is -1.83. The van der Waals surface area contributed by atoms with Crippen LogP contribution in [0.15, 0.2) is 0 Å². The number of carbonyl (C=O) groups is 3. The first kappa shape index (κ1) is 14.2. The van der Waals surface area contributed by atoms with Crippen molar-refractivity contribution < 1.29 is 29.3 Å². The number of nitrogens with one attached hydrogen (secondary N) is 2. The molecule has 2 unspecified atom stereocenters. The molecule has 0 fully saturated rings. The molecule has 0 bridgehead atoms. The number of aliphatic hydroxyl groups is 1. The lowest BCUT2D eigenvalue weighted by molar-refractivity contribution is -0.146. The first-order valence-electron chi connectivity index (χ1n) is 4.41. The van der Waals surface area contributed by atoms with E-state index in [4.69, 9.17) is 10.2 Å². The Morgan fingerprint density at radius 2 is 1.94 bits per heavy atom. The van der Waals surface area contributed by atoms with Crippen molar-refractivity contribution in [2.75, 3.05) is 13.7 Å². The summed E-state index contributed by atoms with van der Waals surface area (Å²) in [5.74, 6) is -2.07. The van der Waals surface area contributed by atoms with Crippen LogP contribution < -0.4 is 10.6 Å². The van der Waals surface area contributed by atoms with Gasteiger partial charge in [0.2, 0.25) is 0 Å². The molecule has 0 rings (SSSR count). The number of hydrogen-bond acceptors (Lipinski definition) is 5. The number of rotatable bonds is 5. The highest BCUT2D eigenvalue weighted by Gasteiger charge is 2.17. The average Bonchev–Trinajstić information content (AvgIpc) is 2.24. The number of aliphatic carboxylic acids is 1. The third-order valence-corrected chi connectivity index (χ3v) is 1.64. The molecule has 0 aliphatic rings. The molecule has 8 heteroatoms. The van der Waals surface area contributed by atoms with Gasteiger partial charge in [0.1, 0.15) is 6.04 Å². The topological polar surface area (TPSA) is 125 Å². The molecule has 8 nitrogen and oxygen atoms in total. The molecule has 0 aromatic heterocycles. The minimum atomic E-state index is -1.68. The number of hydrogen-bond donors (Lipinski definition) is 4. The number of urea groups is 1. The van der Waals surface area contributed by atoms with Crippen molar-refractivity contribution >= 4 is 18.0 Å². The standard InChI is InChI=1S/C8H14N2O6/c1-4(7(14)16-2)10-8(15)9-3-5(11)6(12)13/h4-5,11H,3H2,1-2H3,(H,12,13)(H2,9,10,15). The van der Waals surface area contributed by atoms with Crippen LogP contribution >= 0.6 is 0 Å². The number of carboxylic acid groups (broad SMARTS) is 1. The van der Waals surface area contributed by atoms with E-state index >= 15 is 0 Å². The van der Waals surface area contributed by atoms with Gasteiger partial charge in [-0.25, -0.2) is 14.4 Å². The maximum absolute atomic E-state index is 11.1. The molecule has 92 valence electrons. The van der Waals surface area contributed by atoms with Crippen molar-refractivity contribution in [3.05, 3.63) is 0 Å². The summed E-state index contributed by atoms with van der Waals surface area (Å²) in [5, 5.41) is 21.4.